The van der Waals surface area contributed by atoms with Crippen LogP contribution in [0, 0.1) is 0 Å². The van der Waals surface area contributed by atoms with Crippen LogP contribution in [0.2, 0.25) is 0 Å². The lowest BCUT2D eigenvalue weighted by atomic mass is 10.4. The fourth-order valence-electron chi connectivity index (χ4n) is 3.47. The van der Waals surface area contributed by atoms with Crippen LogP contribution >= 0.6 is 0 Å². The van der Waals surface area contributed by atoms with Crippen LogP contribution in [-0.4, -0.2) is 156 Å². The van der Waals surface area contributed by atoms with E-state index in [1.54, 1.807) is 15.0 Å². The number of rotatable bonds is 24. The van der Waals surface area contributed by atoms with E-state index in [9.17, 15) is 14.4 Å². The molecule has 0 aliphatic heterocycles. The molecule has 236 valence electrons. The standard InChI is InChI=1S/C21H54N16O3/c22-1-10-35(11-2-23)31-19(38)28-7-16-34(17-8-29-20(39)32-36(12-3-24)13-4-25)18-9-30-21(40)33-37(14-5-26)15-6-27/h1-18,22-27H2,(H2,28,31,38)(H2,29,32,39)(H2,30,33,40). The second-order valence-corrected chi connectivity index (χ2v) is 8.64. The molecule has 0 atom stereocenters. The molecular formula is C21H54N16O3. The van der Waals surface area contributed by atoms with Gasteiger partial charge in [0.05, 0.1) is 0 Å². The third-order valence-electron chi connectivity index (χ3n) is 5.31. The fourth-order valence-corrected chi connectivity index (χ4v) is 3.47. The zero-order valence-corrected chi connectivity index (χ0v) is 23.7. The third-order valence-corrected chi connectivity index (χ3v) is 5.31. The van der Waals surface area contributed by atoms with Crippen molar-refractivity contribution in [1.82, 2.24) is 52.2 Å². The summed E-state index contributed by atoms with van der Waals surface area (Å²) >= 11 is 0. The monoisotopic (exact) mass is 578 g/mol. The van der Waals surface area contributed by atoms with Gasteiger partial charge in [-0.25, -0.2) is 29.4 Å². The van der Waals surface area contributed by atoms with Gasteiger partial charge in [0.15, 0.2) is 0 Å². The average Bonchev–Trinajstić information content (AvgIpc) is 2.89. The van der Waals surface area contributed by atoms with E-state index in [1.807, 2.05) is 4.90 Å². The first-order chi connectivity index (χ1) is 19.3. The van der Waals surface area contributed by atoms with E-state index in [4.69, 9.17) is 34.4 Å². The molecule has 0 bridgehead atoms. The van der Waals surface area contributed by atoms with Gasteiger partial charge in [0, 0.05) is 118 Å². The highest BCUT2D eigenvalue weighted by Gasteiger charge is 2.12. The summed E-state index contributed by atoms with van der Waals surface area (Å²) in [5, 5.41) is 13.3. The van der Waals surface area contributed by atoms with Gasteiger partial charge in [0.25, 0.3) is 0 Å². The summed E-state index contributed by atoms with van der Waals surface area (Å²) in [5.74, 6) is 0. The van der Waals surface area contributed by atoms with E-state index in [1.165, 1.54) is 0 Å². The Morgan fingerprint density at radius 2 is 0.625 bits per heavy atom. The Morgan fingerprint density at radius 3 is 0.825 bits per heavy atom. The van der Waals surface area contributed by atoms with Gasteiger partial charge in [-0.15, -0.1) is 0 Å². The quantitative estimate of drug-likeness (QED) is 0.0475. The van der Waals surface area contributed by atoms with Crippen molar-refractivity contribution < 1.29 is 14.4 Å². The summed E-state index contributed by atoms with van der Waals surface area (Å²) in [6, 6.07) is -1.13. The summed E-state index contributed by atoms with van der Waals surface area (Å²) in [5.41, 5.74) is 41.5. The van der Waals surface area contributed by atoms with Crippen LogP contribution in [0.3, 0.4) is 0 Å². The zero-order chi connectivity index (χ0) is 30.0. The average molecular weight is 579 g/mol. The second kappa shape index (κ2) is 25.4. The first kappa shape index (κ1) is 37.4. The number of nitrogens with one attached hydrogen (secondary N) is 6. The second-order valence-electron chi connectivity index (χ2n) is 8.64. The number of hydrogen-bond acceptors (Lipinski definition) is 13. The highest BCUT2D eigenvalue weighted by Crippen LogP contribution is 1.88. The number of carbonyl (C=O) groups excluding carboxylic acids is 3. The normalized spacial score (nSPS) is 11.2. The van der Waals surface area contributed by atoms with E-state index >= 15 is 0 Å². The summed E-state index contributed by atoms with van der Waals surface area (Å²) in [7, 11) is 0. The number of carbonyl (C=O) groups is 3. The van der Waals surface area contributed by atoms with Gasteiger partial charge in [0.2, 0.25) is 0 Å². The minimum atomic E-state index is -0.378. The van der Waals surface area contributed by atoms with Crippen molar-refractivity contribution in [2.75, 3.05) is 118 Å². The number of hydrazine groups is 3. The molecule has 40 heavy (non-hydrogen) atoms. The first-order valence-corrected chi connectivity index (χ1v) is 13.6. The van der Waals surface area contributed by atoms with Crippen LogP contribution < -0.4 is 66.6 Å². The van der Waals surface area contributed by atoms with Crippen LogP contribution in [0.25, 0.3) is 0 Å². The fraction of sp³-hybridized carbons (Fsp3) is 0.857. The molecule has 0 radical (unpaired) electrons. The maximum absolute atomic E-state index is 12.3. The zero-order valence-electron chi connectivity index (χ0n) is 23.7. The van der Waals surface area contributed by atoms with Gasteiger partial charge in [-0.2, -0.15) is 0 Å². The molecule has 19 heteroatoms. The smallest absolute Gasteiger partial charge is 0.329 e. The predicted octanol–water partition coefficient (Wildman–Crippen LogP) is -6.41. The molecule has 0 aliphatic rings. The molecule has 0 aromatic heterocycles. The lowest BCUT2D eigenvalue weighted by molar-refractivity contribution is 0.177. The molecule has 0 fully saturated rings. The third kappa shape index (κ3) is 20.3. The molecule has 6 amide bonds. The molecule has 0 heterocycles. The van der Waals surface area contributed by atoms with Crippen molar-refractivity contribution in [3.8, 4) is 0 Å². The molecule has 0 rings (SSSR count). The van der Waals surface area contributed by atoms with Crippen molar-refractivity contribution in [1.29, 1.82) is 0 Å². The molecule has 0 saturated carbocycles. The molecule has 19 nitrogen and oxygen atoms in total. The Labute approximate surface area is 237 Å². The molecule has 0 aliphatic carbocycles. The minimum absolute atomic E-state index is 0.324. The molecule has 0 aromatic rings. The van der Waals surface area contributed by atoms with Crippen LogP contribution in [0.1, 0.15) is 0 Å². The van der Waals surface area contributed by atoms with Crippen LogP contribution in [-0.2, 0) is 0 Å². The van der Waals surface area contributed by atoms with Gasteiger partial charge >= 0.3 is 18.1 Å². The number of hydrogen-bond donors (Lipinski definition) is 12. The number of amides is 6. The summed E-state index contributed by atoms with van der Waals surface area (Å²) in [4.78, 5) is 38.8. The van der Waals surface area contributed by atoms with Crippen molar-refractivity contribution in [3.63, 3.8) is 0 Å². The van der Waals surface area contributed by atoms with Crippen molar-refractivity contribution in [2.45, 2.75) is 0 Å². The van der Waals surface area contributed by atoms with Crippen molar-refractivity contribution in [2.24, 2.45) is 34.4 Å². The van der Waals surface area contributed by atoms with E-state index in [0.717, 1.165) is 0 Å². The Balaban J connectivity index is 4.82. The van der Waals surface area contributed by atoms with Crippen molar-refractivity contribution >= 4 is 18.1 Å². The Kier molecular flexibility index (Phi) is 23.7. The number of nitrogens with zero attached hydrogens (tertiary/aromatic N) is 4. The topological polar surface area (TPSA) is 292 Å². The molecule has 18 N–H and O–H groups in total. The van der Waals surface area contributed by atoms with E-state index in [-0.39, 0.29) is 18.1 Å². The molecule has 0 spiro atoms. The van der Waals surface area contributed by atoms with E-state index < -0.39 is 0 Å². The maximum atomic E-state index is 12.3. The molecule has 0 aromatic carbocycles. The highest BCUT2D eigenvalue weighted by molar-refractivity contribution is 5.74. The predicted molar refractivity (Wildman–Crippen MR) is 155 cm³/mol. The first-order valence-electron chi connectivity index (χ1n) is 13.6. The van der Waals surface area contributed by atoms with Crippen molar-refractivity contribution in [3.05, 3.63) is 0 Å². The summed E-state index contributed by atoms with van der Waals surface area (Å²) in [6.45, 7) is 7.46. The summed E-state index contributed by atoms with van der Waals surface area (Å²) in [6.07, 6.45) is 0. The van der Waals surface area contributed by atoms with Gasteiger partial charge in [-0.05, 0) is 0 Å². The van der Waals surface area contributed by atoms with Crippen LogP contribution in [0.15, 0.2) is 0 Å². The van der Waals surface area contributed by atoms with Gasteiger partial charge in [0.1, 0.15) is 0 Å². The highest BCUT2D eigenvalue weighted by atomic mass is 16.2. The Hall–Kier alpha value is -2.59. The van der Waals surface area contributed by atoms with E-state index in [0.29, 0.717) is 118 Å². The van der Waals surface area contributed by atoms with E-state index in [2.05, 4.69) is 32.2 Å². The maximum Gasteiger partial charge on any atom is 0.329 e. The molecular weight excluding hydrogens is 524 g/mol. The number of urea groups is 3. The largest absolute Gasteiger partial charge is 0.336 e. The van der Waals surface area contributed by atoms with Crippen LogP contribution in [0.4, 0.5) is 14.4 Å². The number of nitrogens with two attached hydrogens (primary N) is 6. The lowest BCUT2D eigenvalue weighted by Gasteiger charge is -2.26. The van der Waals surface area contributed by atoms with Crippen LogP contribution in [0.5, 0.6) is 0 Å². The van der Waals surface area contributed by atoms with Gasteiger partial charge in [-0.3, -0.25) is 21.2 Å². The summed E-state index contributed by atoms with van der Waals surface area (Å²) < 4.78 is 0. The minimum Gasteiger partial charge on any atom is -0.336 e. The Morgan fingerprint density at radius 1 is 0.400 bits per heavy atom. The Bertz CT molecular complexity index is 558. The molecule has 0 saturated heterocycles. The van der Waals surface area contributed by atoms with Gasteiger partial charge < -0.3 is 50.4 Å². The van der Waals surface area contributed by atoms with Gasteiger partial charge in [-0.1, -0.05) is 0 Å². The lowest BCUT2D eigenvalue weighted by Crippen LogP contribution is -2.53. The molecule has 0 unspecified atom stereocenters. The SMILES string of the molecule is NCCN(CCN)NC(=O)NCCN(CCNC(=O)NN(CCN)CCN)CCNC(=O)NN(CCN)CCN.